The fraction of sp³-hybridized carbons (Fsp3) is 0.643. The van der Waals surface area contributed by atoms with E-state index < -0.39 is 14.4 Å². The van der Waals surface area contributed by atoms with E-state index in [1.165, 1.54) is 35.2 Å². The number of aliphatic hydroxyl groups excluding tert-OH is 1. The molecule has 4 aliphatic carbocycles. The van der Waals surface area contributed by atoms with E-state index in [2.05, 4.69) is 101 Å². The highest BCUT2D eigenvalue weighted by molar-refractivity contribution is 6.98. The van der Waals surface area contributed by atoms with Gasteiger partial charge in [0.05, 0.1) is 6.10 Å². The highest BCUT2D eigenvalue weighted by Gasteiger charge is 2.62. The van der Waals surface area contributed by atoms with Gasteiger partial charge in [0.15, 0.2) is 0 Å². The Bertz CT molecular complexity index is 1330. The molecule has 3 fully saturated rings. The summed E-state index contributed by atoms with van der Waals surface area (Å²) in [7, 11) is -2.54. The maximum atomic E-state index is 12.9. The molecule has 0 saturated heterocycles. The Morgan fingerprint density at radius 2 is 1.53 bits per heavy atom. The zero-order valence-electron chi connectivity index (χ0n) is 29.8. The predicted molar refractivity (Wildman–Crippen MR) is 194 cm³/mol. The largest absolute Gasteiger partial charge is 0.462 e. The molecule has 4 nitrogen and oxygen atoms in total. The average Bonchev–Trinajstić information content (AvgIpc) is 3.40. The van der Waals surface area contributed by atoms with Crippen LogP contribution in [0.15, 0.2) is 72.3 Å². The van der Waals surface area contributed by atoms with Gasteiger partial charge in [0, 0.05) is 17.9 Å². The molecular weight excluding hydrogens is 597 g/mol. The van der Waals surface area contributed by atoms with Crippen LogP contribution in [0.5, 0.6) is 0 Å². The van der Waals surface area contributed by atoms with Gasteiger partial charge in [-0.3, -0.25) is 4.79 Å². The number of fused-ring (bicyclic) bond motifs is 5. The van der Waals surface area contributed by atoms with Crippen LogP contribution >= 0.6 is 0 Å². The van der Waals surface area contributed by atoms with Crippen molar-refractivity contribution in [2.45, 2.75) is 142 Å². The second kappa shape index (κ2) is 14.3. The minimum absolute atomic E-state index is 0.0146. The summed E-state index contributed by atoms with van der Waals surface area (Å²) in [6, 6.07) is 21.9. The third-order valence-corrected chi connectivity index (χ3v) is 18.0. The van der Waals surface area contributed by atoms with Crippen LogP contribution in [0.1, 0.15) is 118 Å². The molecule has 1 N–H and O–H groups in total. The van der Waals surface area contributed by atoms with E-state index in [1.54, 1.807) is 0 Å². The molecule has 0 aliphatic heterocycles. The van der Waals surface area contributed by atoms with Crippen molar-refractivity contribution in [2.75, 3.05) is 0 Å². The monoisotopic (exact) mass is 656 g/mol. The van der Waals surface area contributed by atoms with Gasteiger partial charge in [0.1, 0.15) is 6.10 Å². The van der Waals surface area contributed by atoms with Crippen LogP contribution in [0.25, 0.3) is 0 Å². The Hall–Kier alpha value is -2.21. The maximum absolute atomic E-state index is 12.9. The molecule has 0 spiro atoms. The van der Waals surface area contributed by atoms with Crippen molar-refractivity contribution in [1.82, 2.24) is 0 Å². The second-order valence-electron chi connectivity index (χ2n) is 16.3. The number of carbonyl (C=O) groups excluding carboxylic acids is 1. The number of rotatable bonds is 12. The number of hydrogen-bond acceptors (Lipinski definition) is 4. The molecule has 4 unspecified atom stereocenters. The molecule has 47 heavy (non-hydrogen) atoms. The first-order valence-electron chi connectivity index (χ1n) is 19.0. The maximum Gasteiger partial charge on any atom is 0.306 e. The Kier molecular flexibility index (Phi) is 10.6. The average molecular weight is 657 g/mol. The topological polar surface area (TPSA) is 55.8 Å². The number of carbonyl (C=O) groups is 1. The predicted octanol–water partition coefficient (Wildman–Crippen LogP) is 8.75. The standard InChI is InChI=1S/C42H60O4Si/c1-6-7-8-9-16-21-39(44)45-38-23-22-35-40-36(25-27-42(35,38)5)41(4)26-24-32(28-31(41)29-37(40)43)46-47(30(2)3,33-17-12-10-13-18-33)34-19-14-11-15-20-34/h10-15,17-20,29-30,32,35-38,40,43H,6-9,16,21-28H2,1-5H3/t32-,35?,36?,37?,38-,40?,41-,42-/m0/s1. The Labute approximate surface area is 285 Å². The summed E-state index contributed by atoms with van der Waals surface area (Å²) in [4.78, 5) is 12.9. The number of hydrogen-bond donors (Lipinski definition) is 1. The lowest BCUT2D eigenvalue weighted by Crippen LogP contribution is -2.65. The van der Waals surface area contributed by atoms with Crippen molar-refractivity contribution >= 4 is 24.7 Å². The molecule has 6 rings (SSSR count). The molecule has 0 aromatic heterocycles. The third-order valence-electron chi connectivity index (χ3n) is 13.3. The van der Waals surface area contributed by atoms with Crippen LogP contribution in [-0.2, 0) is 14.0 Å². The van der Waals surface area contributed by atoms with Crippen molar-refractivity contribution in [3.63, 3.8) is 0 Å². The molecule has 5 heteroatoms. The zero-order chi connectivity index (χ0) is 33.2. The van der Waals surface area contributed by atoms with Crippen LogP contribution in [0.2, 0.25) is 5.54 Å². The highest BCUT2D eigenvalue weighted by atomic mass is 28.4. The fourth-order valence-corrected chi connectivity index (χ4v) is 15.0. The lowest BCUT2D eigenvalue weighted by molar-refractivity contribution is -0.162. The fourth-order valence-electron chi connectivity index (χ4n) is 10.7. The van der Waals surface area contributed by atoms with Crippen molar-refractivity contribution in [2.24, 2.45) is 28.6 Å². The van der Waals surface area contributed by atoms with Gasteiger partial charge in [-0.2, -0.15) is 0 Å². The Balaban J connectivity index is 1.19. The van der Waals surface area contributed by atoms with E-state index in [0.29, 0.717) is 23.8 Å². The van der Waals surface area contributed by atoms with E-state index in [9.17, 15) is 9.90 Å². The summed E-state index contributed by atoms with van der Waals surface area (Å²) in [5.74, 6) is 1.06. The number of benzene rings is 2. The van der Waals surface area contributed by atoms with Crippen LogP contribution in [0.3, 0.4) is 0 Å². The zero-order valence-corrected chi connectivity index (χ0v) is 30.8. The molecule has 256 valence electrons. The van der Waals surface area contributed by atoms with E-state index in [1.807, 2.05) is 0 Å². The number of aliphatic hydroxyl groups is 1. The van der Waals surface area contributed by atoms with Crippen molar-refractivity contribution in [1.29, 1.82) is 0 Å². The summed E-state index contributed by atoms with van der Waals surface area (Å²) < 4.78 is 13.8. The number of ether oxygens (including phenoxy) is 1. The van der Waals surface area contributed by atoms with Crippen LogP contribution in [-0.4, -0.2) is 37.7 Å². The Morgan fingerprint density at radius 1 is 0.872 bits per heavy atom. The van der Waals surface area contributed by atoms with Gasteiger partial charge >= 0.3 is 5.97 Å². The van der Waals surface area contributed by atoms with Gasteiger partial charge in [-0.25, -0.2) is 0 Å². The lowest BCUT2D eigenvalue weighted by atomic mass is 9.47. The normalized spacial score (nSPS) is 33.5. The highest BCUT2D eigenvalue weighted by Crippen LogP contribution is 2.65. The summed E-state index contributed by atoms with van der Waals surface area (Å²) in [6.45, 7) is 11.8. The quantitative estimate of drug-likeness (QED) is 0.107. The van der Waals surface area contributed by atoms with Gasteiger partial charge < -0.3 is 14.3 Å². The first-order valence-corrected chi connectivity index (χ1v) is 21.0. The van der Waals surface area contributed by atoms with E-state index in [4.69, 9.17) is 9.16 Å². The smallest absolute Gasteiger partial charge is 0.306 e. The van der Waals surface area contributed by atoms with Gasteiger partial charge in [-0.15, -0.1) is 0 Å². The molecule has 0 radical (unpaired) electrons. The van der Waals surface area contributed by atoms with Crippen LogP contribution < -0.4 is 10.4 Å². The van der Waals surface area contributed by atoms with E-state index in [-0.39, 0.29) is 34.9 Å². The summed E-state index contributed by atoms with van der Waals surface area (Å²) in [5.41, 5.74) is 1.83. The van der Waals surface area contributed by atoms with E-state index in [0.717, 1.165) is 57.8 Å². The van der Waals surface area contributed by atoms with E-state index >= 15 is 0 Å². The number of unbranched alkanes of at least 4 members (excludes halogenated alkanes) is 4. The van der Waals surface area contributed by atoms with Crippen molar-refractivity contribution < 1.29 is 19.1 Å². The molecular formula is C42H60O4Si. The lowest BCUT2D eigenvalue weighted by Gasteiger charge is -2.59. The molecule has 8 atom stereocenters. The summed E-state index contributed by atoms with van der Waals surface area (Å²) in [6.07, 6.45) is 15.4. The van der Waals surface area contributed by atoms with Gasteiger partial charge in [-0.1, -0.05) is 133 Å². The van der Waals surface area contributed by atoms with Crippen LogP contribution in [0, 0.1) is 28.6 Å². The number of esters is 1. The van der Waals surface area contributed by atoms with Crippen molar-refractivity contribution in [3.8, 4) is 0 Å². The summed E-state index contributed by atoms with van der Waals surface area (Å²) in [5, 5.41) is 14.6. The minimum Gasteiger partial charge on any atom is -0.462 e. The molecule has 4 aliphatic rings. The van der Waals surface area contributed by atoms with Crippen molar-refractivity contribution in [3.05, 3.63) is 72.3 Å². The first kappa shape index (κ1) is 34.6. The Morgan fingerprint density at radius 3 is 2.17 bits per heavy atom. The molecule has 0 amide bonds. The summed E-state index contributed by atoms with van der Waals surface area (Å²) >= 11 is 0. The molecule has 0 bridgehead atoms. The molecule has 2 aromatic rings. The first-order chi connectivity index (χ1) is 22.6. The minimum atomic E-state index is -2.54. The van der Waals surface area contributed by atoms with Gasteiger partial charge in [0.2, 0.25) is 0 Å². The van der Waals surface area contributed by atoms with Crippen LogP contribution in [0.4, 0.5) is 0 Å². The molecule has 3 saturated carbocycles. The SMILES string of the molecule is CCCCCCCC(=O)O[C@H]1CCC2C3C(O)C=C4C[C@@H](O[Si](c5ccccc5)(c5ccccc5)C(C)C)CC[C@]4(C)C3CC[C@@]21C. The third kappa shape index (κ3) is 6.46. The second-order valence-corrected chi connectivity index (χ2v) is 20.3. The van der Waals surface area contributed by atoms with Gasteiger partial charge in [0.25, 0.3) is 8.32 Å². The van der Waals surface area contributed by atoms with Gasteiger partial charge in [-0.05, 0) is 90.4 Å². The molecule has 2 aromatic carbocycles. The molecule has 0 heterocycles.